The van der Waals surface area contributed by atoms with Crippen molar-refractivity contribution in [2.45, 2.75) is 19.3 Å². The minimum absolute atomic E-state index is 0.261. The van der Waals surface area contributed by atoms with Crippen LogP contribution in [0.5, 0.6) is 11.5 Å². The van der Waals surface area contributed by atoms with Gasteiger partial charge in [0, 0.05) is 34.1 Å². The molecule has 4 aromatic rings. The summed E-state index contributed by atoms with van der Waals surface area (Å²) in [4.78, 5) is 15.6. The van der Waals surface area contributed by atoms with Crippen LogP contribution in [-0.2, 0) is 12.5 Å². The Morgan fingerprint density at radius 3 is 2.25 bits per heavy atom. The first-order chi connectivity index (χ1) is 17.1. The second kappa shape index (κ2) is 9.73. The Labute approximate surface area is 219 Å². The Hall–Kier alpha value is -3.73. The molecule has 1 heterocycles. The Kier molecular flexibility index (Phi) is 6.85. The van der Waals surface area contributed by atoms with Gasteiger partial charge in [-0.15, -0.1) is 0 Å². The molecule has 3 aromatic carbocycles. The van der Waals surface area contributed by atoms with Gasteiger partial charge in [0.05, 0.1) is 42.6 Å². The predicted octanol–water partition coefficient (Wildman–Crippen LogP) is 6.68. The highest BCUT2D eigenvalue weighted by atomic mass is 35.5. The van der Waals surface area contributed by atoms with Crippen LogP contribution < -0.4 is 14.4 Å². The molecule has 9 heteroatoms. The van der Waals surface area contributed by atoms with E-state index in [4.69, 9.17) is 32.7 Å². The molecule has 0 spiro atoms. The predicted molar refractivity (Wildman–Crippen MR) is 142 cm³/mol. The average molecular weight is 523 g/mol. The number of nitriles is 1. The lowest BCUT2D eigenvalue weighted by molar-refractivity contribution is 0.0995. The molecule has 1 amide bonds. The summed E-state index contributed by atoms with van der Waals surface area (Å²) >= 11 is 13.3. The van der Waals surface area contributed by atoms with E-state index in [1.807, 2.05) is 24.3 Å². The van der Waals surface area contributed by atoms with Crippen molar-refractivity contribution in [1.82, 2.24) is 9.78 Å². The third kappa shape index (κ3) is 4.34. The summed E-state index contributed by atoms with van der Waals surface area (Å²) in [5.41, 5.74) is 1.54. The van der Waals surface area contributed by atoms with Crippen LogP contribution in [0.25, 0.3) is 10.9 Å². The highest BCUT2D eigenvalue weighted by Gasteiger charge is 2.30. The average Bonchev–Trinajstić information content (AvgIpc) is 3.20. The number of benzene rings is 3. The SMILES string of the molecule is COc1ccc(N(C(=O)c2nn(C)c3ccccc23)c2cc(Cl)c(C(C)(C)C#N)c(Cl)c2)cc1OC. The number of carbonyl (C=O) groups is 1. The third-order valence-corrected chi connectivity index (χ3v) is 6.57. The maximum absolute atomic E-state index is 14.1. The molecule has 7 nitrogen and oxygen atoms in total. The first-order valence-corrected chi connectivity index (χ1v) is 11.8. The summed E-state index contributed by atoms with van der Waals surface area (Å²) in [6, 6.07) is 18.1. The van der Waals surface area contributed by atoms with E-state index >= 15 is 0 Å². The lowest BCUT2D eigenvalue weighted by Crippen LogP contribution is -2.27. The molecule has 0 bridgehead atoms. The molecule has 0 fully saturated rings. The number of aromatic nitrogens is 2. The number of aryl methyl sites for hydroxylation is 1. The molecule has 4 rings (SSSR count). The van der Waals surface area contributed by atoms with Crippen molar-refractivity contribution in [3.8, 4) is 17.6 Å². The minimum Gasteiger partial charge on any atom is -0.493 e. The zero-order chi connectivity index (χ0) is 26.2. The molecule has 0 aliphatic carbocycles. The van der Waals surface area contributed by atoms with Crippen molar-refractivity contribution in [3.63, 3.8) is 0 Å². The minimum atomic E-state index is -0.929. The maximum Gasteiger partial charge on any atom is 0.283 e. The second-order valence-electron chi connectivity index (χ2n) is 8.69. The molecule has 0 aliphatic rings. The Morgan fingerprint density at radius 1 is 1.00 bits per heavy atom. The molecule has 36 heavy (non-hydrogen) atoms. The fourth-order valence-electron chi connectivity index (χ4n) is 4.17. The van der Waals surface area contributed by atoms with Crippen molar-refractivity contribution >= 4 is 51.4 Å². The normalized spacial score (nSPS) is 11.3. The molecule has 0 saturated heterocycles. The van der Waals surface area contributed by atoms with E-state index in [2.05, 4.69) is 11.2 Å². The summed E-state index contributed by atoms with van der Waals surface area (Å²) < 4.78 is 12.5. The Bertz CT molecular complexity index is 1500. The van der Waals surface area contributed by atoms with Gasteiger partial charge in [0.1, 0.15) is 0 Å². The van der Waals surface area contributed by atoms with Crippen molar-refractivity contribution in [2.75, 3.05) is 19.1 Å². The zero-order valence-electron chi connectivity index (χ0n) is 20.5. The molecule has 0 saturated carbocycles. The monoisotopic (exact) mass is 522 g/mol. The van der Waals surface area contributed by atoms with Crippen LogP contribution in [-0.4, -0.2) is 29.9 Å². The van der Waals surface area contributed by atoms with Gasteiger partial charge in [-0.25, -0.2) is 0 Å². The van der Waals surface area contributed by atoms with Crippen LogP contribution in [0.2, 0.25) is 10.0 Å². The summed E-state index contributed by atoms with van der Waals surface area (Å²) in [5, 5.41) is 15.4. The fourth-order valence-corrected chi connectivity index (χ4v) is 5.12. The standard InChI is InChI=1S/C27H24Cl2N4O3/c1-27(2,15-30)24-19(28)12-17(13-20(24)29)33(16-10-11-22(35-4)23(14-16)36-5)26(34)25-18-8-6-7-9-21(18)32(3)31-25/h6-14H,1-5H3. The lowest BCUT2D eigenvalue weighted by Gasteiger charge is -2.26. The topological polar surface area (TPSA) is 80.4 Å². The van der Waals surface area contributed by atoms with Crippen LogP contribution in [0.4, 0.5) is 11.4 Å². The number of carbonyl (C=O) groups excluding carboxylic acids is 1. The molecule has 0 aliphatic heterocycles. The lowest BCUT2D eigenvalue weighted by atomic mass is 9.86. The summed E-state index contributed by atoms with van der Waals surface area (Å²) in [6.07, 6.45) is 0. The third-order valence-electron chi connectivity index (χ3n) is 5.98. The van der Waals surface area contributed by atoms with Gasteiger partial charge in [0.25, 0.3) is 5.91 Å². The Morgan fingerprint density at radius 2 is 1.64 bits per heavy atom. The number of rotatable bonds is 6. The van der Waals surface area contributed by atoms with Crippen molar-refractivity contribution < 1.29 is 14.3 Å². The molecular weight excluding hydrogens is 499 g/mol. The number of anilines is 2. The summed E-state index contributed by atoms with van der Waals surface area (Å²) in [7, 11) is 4.84. The van der Waals surface area contributed by atoms with Gasteiger partial charge in [0.2, 0.25) is 0 Å². The van der Waals surface area contributed by atoms with E-state index in [0.29, 0.717) is 33.8 Å². The van der Waals surface area contributed by atoms with Crippen molar-refractivity contribution in [3.05, 3.63) is 75.9 Å². The van der Waals surface area contributed by atoms with E-state index in [9.17, 15) is 10.1 Å². The number of halogens is 2. The van der Waals surface area contributed by atoms with Crippen molar-refractivity contribution in [2.24, 2.45) is 7.05 Å². The summed E-state index contributed by atoms with van der Waals surface area (Å²) in [6.45, 7) is 3.47. The molecule has 184 valence electrons. The van der Waals surface area contributed by atoms with E-state index in [0.717, 1.165) is 5.52 Å². The van der Waals surface area contributed by atoms with Gasteiger partial charge in [-0.2, -0.15) is 10.4 Å². The molecule has 0 unspecified atom stereocenters. The van der Waals surface area contributed by atoms with E-state index in [1.165, 1.54) is 19.1 Å². The highest BCUT2D eigenvalue weighted by Crippen LogP contribution is 2.42. The molecule has 1 aromatic heterocycles. The van der Waals surface area contributed by atoms with Crippen LogP contribution >= 0.6 is 23.2 Å². The highest BCUT2D eigenvalue weighted by molar-refractivity contribution is 6.37. The van der Waals surface area contributed by atoms with E-state index < -0.39 is 11.3 Å². The van der Waals surface area contributed by atoms with Gasteiger partial charge in [-0.3, -0.25) is 14.4 Å². The van der Waals surface area contributed by atoms with Crippen LogP contribution in [0, 0.1) is 11.3 Å². The van der Waals surface area contributed by atoms with Crippen LogP contribution in [0.15, 0.2) is 54.6 Å². The Balaban J connectivity index is 1.96. The van der Waals surface area contributed by atoms with Crippen molar-refractivity contribution in [1.29, 1.82) is 5.26 Å². The van der Waals surface area contributed by atoms with Gasteiger partial charge in [0.15, 0.2) is 17.2 Å². The fraction of sp³-hybridized carbons (Fsp3) is 0.222. The van der Waals surface area contributed by atoms with Gasteiger partial charge < -0.3 is 9.47 Å². The van der Waals surface area contributed by atoms with Gasteiger partial charge in [-0.05, 0) is 44.2 Å². The molecule has 0 radical (unpaired) electrons. The quantitative estimate of drug-likeness (QED) is 0.282. The molecule has 0 atom stereocenters. The van der Waals surface area contributed by atoms with Gasteiger partial charge >= 0.3 is 0 Å². The number of ether oxygens (including phenoxy) is 2. The number of hydrogen-bond acceptors (Lipinski definition) is 5. The smallest absolute Gasteiger partial charge is 0.283 e. The first-order valence-electron chi connectivity index (χ1n) is 11.0. The molecule has 0 N–H and O–H groups in total. The number of para-hydroxylation sites is 1. The number of amides is 1. The van der Waals surface area contributed by atoms with Crippen LogP contribution in [0.3, 0.4) is 0 Å². The van der Waals surface area contributed by atoms with E-state index in [1.54, 1.807) is 55.9 Å². The largest absolute Gasteiger partial charge is 0.493 e. The van der Waals surface area contributed by atoms with Crippen LogP contribution in [0.1, 0.15) is 29.9 Å². The number of methoxy groups -OCH3 is 2. The zero-order valence-corrected chi connectivity index (χ0v) is 22.0. The maximum atomic E-state index is 14.1. The number of hydrogen-bond donors (Lipinski definition) is 0. The summed E-state index contributed by atoms with van der Waals surface area (Å²) in [5.74, 6) is 0.565. The number of nitrogens with zero attached hydrogens (tertiary/aromatic N) is 4. The number of fused-ring (bicyclic) bond motifs is 1. The molecular formula is C27H24Cl2N4O3. The van der Waals surface area contributed by atoms with E-state index in [-0.39, 0.29) is 15.7 Å². The van der Waals surface area contributed by atoms with Gasteiger partial charge in [-0.1, -0.05) is 41.4 Å². The first kappa shape index (κ1) is 25.4. The second-order valence-corrected chi connectivity index (χ2v) is 9.50.